The van der Waals surface area contributed by atoms with Crippen LogP contribution < -0.4 is 0 Å². The van der Waals surface area contributed by atoms with Crippen LogP contribution in [0.1, 0.15) is 93.3 Å². The van der Waals surface area contributed by atoms with Gasteiger partial charge in [-0.2, -0.15) is 13.2 Å². The first-order valence-electron chi connectivity index (χ1n) is 14.9. The summed E-state index contributed by atoms with van der Waals surface area (Å²) >= 11 is 0. The van der Waals surface area contributed by atoms with Crippen molar-refractivity contribution in [2.45, 2.75) is 85.0 Å². The van der Waals surface area contributed by atoms with Gasteiger partial charge in [0.05, 0.1) is 24.3 Å². The maximum Gasteiger partial charge on any atom is 0.416 e. The van der Waals surface area contributed by atoms with Gasteiger partial charge in [-0.1, -0.05) is 45.0 Å². The molecule has 2 fully saturated rings. The Labute approximate surface area is 250 Å². The third-order valence-electron chi connectivity index (χ3n) is 9.15. The van der Waals surface area contributed by atoms with Gasteiger partial charge in [-0.25, -0.2) is 4.79 Å². The molecule has 2 heterocycles. The summed E-state index contributed by atoms with van der Waals surface area (Å²) in [5.41, 5.74) is 1.85. The molecule has 1 aliphatic carbocycles. The van der Waals surface area contributed by atoms with Crippen LogP contribution in [0.2, 0.25) is 0 Å². The minimum Gasteiger partial charge on any atom is -0.463 e. The van der Waals surface area contributed by atoms with Gasteiger partial charge in [0.2, 0.25) is 5.91 Å². The van der Waals surface area contributed by atoms with Gasteiger partial charge in [0.1, 0.15) is 0 Å². The van der Waals surface area contributed by atoms with Gasteiger partial charge >= 0.3 is 12.1 Å². The van der Waals surface area contributed by atoms with Crippen LogP contribution in [0.25, 0.3) is 0 Å². The fraction of sp³-hybridized carbons (Fsp3) is 0.500. The van der Waals surface area contributed by atoms with Crippen LogP contribution in [-0.2, 0) is 27.0 Å². The van der Waals surface area contributed by atoms with Crippen molar-refractivity contribution in [2.24, 2.45) is 10.8 Å². The number of hydrogen-bond donors (Lipinski definition) is 0. The Morgan fingerprint density at radius 3 is 2.40 bits per heavy atom. The predicted octanol–water partition coefficient (Wildman–Crippen LogP) is 7.10. The number of amides is 2. The van der Waals surface area contributed by atoms with Crippen LogP contribution in [0.5, 0.6) is 0 Å². The number of fused-ring (bicyclic) bond motifs is 2. The van der Waals surface area contributed by atoms with Gasteiger partial charge in [0, 0.05) is 36.2 Å². The summed E-state index contributed by atoms with van der Waals surface area (Å²) in [4.78, 5) is 43.8. The number of rotatable bonds is 6. The predicted molar refractivity (Wildman–Crippen MR) is 156 cm³/mol. The van der Waals surface area contributed by atoms with Crippen molar-refractivity contribution in [1.29, 1.82) is 0 Å². The molecule has 2 amide bonds. The molecule has 2 aromatic carbocycles. The molecule has 3 unspecified atom stereocenters. The number of esters is 1. The molecule has 3 atom stereocenters. The molecule has 1 saturated heterocycles. The molecule has 0 N–H and O–H groups in total. The zero-order chi connectivity index (χ0) is 31.3. The standard InChI is InChI=1S/C34H39F3N2O4/c1-6-43-31(42)29-21(2)38(28(40)15-27(29)23-10-12-25(13-11-23)34(35,36)37)18-22-8-7-9-24(14-22)30(41)39-20-33(5)17-26(39)16-32(3,4)19-33/h7-14,26-27H,6,15-20H2,1-5H3. The van der Waals surface area contributed by atoms with E-state index in [-0.39, 0.29) is 53.8 Å². The number of nitrogens with zero attached hydrogens (tertiary/aromatic N) is 2. The lowest BCUT2D eigenvalue weighted by atomic mass is 9.65. The Hall–Kier alpha value is -3.62. The number of halogens is 3. The lowest BCUT2D eigenvalue weighted by Gasteiger charge is -2.39. The summed E-state index contributed by atoms with van der Waals surface area (Å²) in [5, 5.41) is 0. The lowest BCUT2D eigenvalue weighted by molar-refractivity contribution is -0.140. The Morgan fingerprint density at radius 1 is 1.05 bits per heavy atom. The molecule has 0 radical (unpaired) electrons. The average molecular weight is 597 g/mol. The van der Waals surface area contributed by atoms with Gasteiger partial charge in [0.25, 0.3) is 5.91 Å². The summed E-state index contributed by atoms with van der Waals surface area (Å²) in [6, 6.07) is 12.0. The van der Waals surface area contributed by atoms with Crippen LogP contribution in [0.3, 0.4) is 0 Å². The van der Waals surface area contributed by atoms with Crippen molar-refractivity contribution < 1.29 is 32.3 Å². The summed E-state index contributed by atoms with van der Waals surface area (Å²) in [6.07, 6.45) is -1.54. The van der Waals surface area contributed by atoms with Gasteiger partial charge in [-0.3, -0.25) is 9.59 Å². The minimum atomic E-state index is -4.49. The summed E-state index contributed by atoms with van der Waals surface area (Å²) < 4.78 is 44.8. The lowest BCUT2D eigenvalue weighted by Crippen LogP contribution is -2.38. The van der Waals surface area contributed by atoms with E-state index >= 15 is 0 Å². The highest BCUT2D eigenvalue weighted by Gasteiger charge is 2.51. The highest BCUT2D eigenvalue weighted by molar-refractivity contribution is 5.96. The molecular weight excluding hydrogens is 557 g/mol. The molecule has 3 aliphatic rings. The number of carbonyl (C=O) groups excluding carboxylic acids is 3. The fourth-order valence-corrected chi connectivity index (χ4v) is 7.71. The van der Waals surface area contributed by atoms with Gasteiger partial charge in [-0.15, -0.1) is 0 Å². The number of alkyl halides is 3. The van der Waals surface area contributed by atoms with Gasteiger partial charge in [0.15, 0.2) is 0 Å². The van der Waals surface area contributed by atoms with Crippen LogP contribution in [0, 0.1) is 10.8 Å². The second-order valence-corrected chi connectivity index (χ2v) is 13.4. The fourth-order valence-electron chi connectivity index (χ4n) is 7.71. The number of likely N-dealkylation sites (tertiary alicyclic amines) is 1. The second-order valence-electron chi connectivity index (χ2n) is 13.4. The van der Waals surface area contributed by atoms with E-state index in [4.69, 9.17) is 4.74 Å². The molecule has 6 nitrogen and oxygen atoms in total. The van der Waals surface area contributed by atoms with E-state index in [9.17, 15) is 27.6 Å². The third-order valence-corrected chi connectivity index (χ3v) is 9.15. The van der Waals surface area contributed by atoms with Crippen LogP contribution in [-0.4, -0.2) is 46.8 Å². The molecule has 230 valence electrons. The van der Waals surface area contributed by atoms with Crippen LogP contribution >= 0.6 is 0 Å². The van der Waals surface area contributed by atoms with E-state index in [2.05, 4.69) is 20.8 Å². The Morgan fingerprint density at radius 2 is 1.74 bits per heavy atom. The molecule has 2 aromatic rings. The zero-order valence-corrected chi connectivity index (χ0v) is 25.4. The topological polar surface area (TPSA) is 66.9 Å². The zero-order valence-electron chi connectivity index (χ0n) is 25.4. The minimum absolute atomic E-state index is 0.0138. The normalized spacial score (nSPS) is 25.3. The van der Waals surface area contributed by atoms with E-state index in [0.717, 1.165) is 43.5 Å². The largest absolute Gasteiger partial charge is 0.463 e. The molecule has 2 bridgehead atoms. The van der Waals surface area contributed by atoms with Crippen molar-refractivity contribution in [3.8, 4) is 0 Å². The summed E-state index contributed by atoms with van der Waals surface area (Å²) in [6.45, 7) is 11.1. The van der Waals surface area contributed by atoms with E-state index < -0.39 is 23.6 Å². The monoisotopic (exact) mass is 596 g/mol. The first-order chi connectivity index (χ1) is 20.1. The smallest absolute Gasteiger partial charge is 0.416 e. The molecule has 0 aromatic heterocycles. The van der Waals surface area contributed by atoms with Crippen molar-refractivity contribution in [3.63, 3.8) is 0 Å². The highest BCUT2D eigenvalue weighted by atomic mass is 19.4. The van der Waals surface area contributed by atoms with Crippen LogP contribution in [0.4, 0.5) is 13.2 Å². The molecule has 9 heteroatoms. The Bertz CT molecular complexity index is 1460. The molecule has 0 spiro atoms. The Kier molecular flexibility index (Phi) is 7.99. The van der Waals surface area contributed by atoms with Crippen molar-refractivity contribution >= 4 is 17.8 Å². The molecule has 43 heavy (non-hydrogen) atoms. The second kappa shape index (κ2) is 11.1. The maximum absolute atomic E-state index is 13.7. The maximum atomic E-state index is 13.7. The number of benzene rings is 2. The molecule has 5 rings (SSSR count). The summed E-state index contributed by atoms with van der Waals surface area (Å²) in [7, 11) is 0. The number of hydrogen-bond acceptors (Lipinski definition) is 4. The molecule has 1 saturated carbocycles. The van der Waals surface area contributed by atoms with E-state index in [1.807, 2.05) is 17.0 Å². The quantitative estimate of drug-likeness (QED) is 0.334. The first-order valence-corrected chi connectivity index (χ1v) is 14.9. The highest BCUT2D eigenvalue weighted by Crippen LogP contribution is 2.52. The van der Waals surface area contributed by atoms with Crippen molar-refractivity contribution in [3.05, 3.63) is 82.1 Å². The SMILES string of the molecule is CCOC(=O)C1=C(C)N(Cc2cccc(C(=O)N3CC4(C)CC3CC(C)(C)C4)c2)C(=O)CC1c1ccc(C(F)(F)F)cc1. The molecule has 2 aliphatic heterocycles. The summed E-state index contributed by atoms with van der Waals surface area (Å²) in [5.74, 6) is -1.63. The number of allylic oxidation sites excluding steroid dienone is 1. The molecular formula is C34H39F3N2O4. The van der Waals surface area contributed by atoms with E-state index in [1.165, 1.54) is 17.0 Å². The average Bonchev–Trinajstić information content (AvgIpc) is 3.18. The van der Waals surface area contributed by atoms with E-state index in [0.29, 0.717) is 16.8 Å². The number of ether oxygens (including phenoxy) is 1. The van der Waals surface area contributed by atoms with Crippen molar-refractivity contribution in [2.75, 3.05) is 13.2 Å². The van der Waals surface area contributed by atoms with Crippen LogP contribution in [0.15, 0.2) is 59.8 Å². The van der Waals surface area contributed by atoms with Gasteiger partial charge < -0.3 is 14.5 Å². The van der Waals surface area contributed by atoms with E-state index in [1.54, 1.807) is 26.0 Å². The third kappa shape index (κ3) is 6.22. The van der Waals surface area contributed by atoms with Crippen molar-refractivity contribution in [1.82, 2.24) is 9.80 Å². The van der Waals surface area contributed by atoms with Gasteiger partial charge in [-0.05, 0) is 79.3 Å². The number of carbonyl (C=O) groups is 3. The Balaban J connectivity index is 1.41. The first kappa shape index (κ1) is 30.8.